The highest BCUT2D eigenvalue weighted by Crippen LogP contribution is 2.33. The summed E-state index contributed by atoms with van der Waals surface area (Å²) < 4.78 is 53.3. The molecule has 1 aliphatic heterocycles. The molecule has 1 amide bonds. The molecule has 4 aromatic rings. The Morgan fingerprint density at radius 3 is 2.60 bits per heavy atom. The maximum absolute atomic E-state index is 13.3. The number of sulfonamides is 1. The van der Waals surface area contributed by atoms with Crippen molar-refractivity contribution < 1.29 is 27.1 Å². The number of aromatic nitrogens is 4. The summed E-state index contributed by atoms with van der Waals surface area (Å²) in [7, 11) is -3.85. The van der Waals surface area contributed by atoms with Gasteiger partial charge in [0.2, 0.25) is 10.0 Å². The van der Waals surface area contributed by atoms with Gasteiger partial charge in [0.15, 0.2) is 5.75 Å². The average molecular weight is 498 g/mol. The zero-order valence-corrected chi connectivity index (χ0v) is 19.0. The van der Waals surface area contributed by atoms with Gasteiger partial charge in [0.1, 0.15) is 23.6 Å². The van der Waals surface area contributed by atoms with Crippen LogP contribution in [0.2, 0.25) is 0 Å². The van der Waals surface area contributed by atoms with Crippen molar-refractivity contribution in [3.8, 4) is 11.5 Å². The summed E-state index contributed by atoms with van der Waals surface area (Å²) in [6.45, 7) is 1.04. The van der Waals surface area contributed by atoms with Crippen molar-refractivity contribution in [1.82, 2.24) is 23.9 Å². The van der Waals surface area contributed by atoms with Crippen molar-refractivity contribution in [2.24, 2.45) is 0 Å². The molecule has 35 heavy (non-hydrogen) atoms. The number of carbonyl (C=O) groups is 1. The number of morpholine rings is 1. The number of hydrogen-bond acceptors (Lipinski definition) is 8. The fraction of sp³-hybridized carbons (Fsp3) is 0.182. The van der Waals surface area contributed by atoms with Gasteiger partial charge in [-0.05, 0) is 48.5 Å². The maximum Gasteiger partial charge on any atom is 0.274 e. The predicted molar refractivity (Wildman–Crippen MR) is 121 cm³/mol. The first-order chi connectivity index (χ1) is 16.9. The zero-order valence-electron chi connectivity index (χ0n) is 18.2. The van der Waals surface area contributed by atoms with Crippen molar-refractivity contribution in [3.05, 3.63) is 72.6 Å². The van der Waals surface area contributed by atoms with E-state index in [1.54, 1.807) is 0 Å². The molecule has 180 valence electrons. The van der Waals surface area contributed by atoms with Crippen LogP contribution >= 0.6 is 0 Å². The number of ether oxygens (including phenoxy) is 2. The first-order valence-corrected chi connectivity index (χ1v) is 12.0. The van der Waals surface area contributed by atoms with Crippen LogP contribution < -0.4 is 10.1 Å². The number of amides is 1. The molecule has 11 nitrogen and oxygen atoms in total. The molecule has 1 N–H and O–H groups in total. The van der Waals surface area contributed by atoms with Crippen LogP contribution in [0.1, 0.15) is 10.5 Å². The fourth-order valence-corrected chi connectivity index (χ4v) is 4.95. The number of anilines is 1. The van der Waals surface area contributed by atoms with Crippen LogP contribution in [0.4, 0.5) is 10.1 Å². The summed E-state index contributed by atoms with van der Waals surface area (Å²) in [6, 6.07) is 10.9. The van der Waals surface area contributed by atoms with Crippen molar-refractivity contribution in [1.29, 1.82) is 0 Å². The van der Waals surface area contributed by atoms with E-state index in [1.165, 1.54) is 69.9 Å². The lowest BCUT2D eigenvalue weighted by Gasteiger charge is -2.26. The second kappa shape index (κ2) is 9.37. The van der Waals surface area contributed by atoms with Gasteiger partial charge in [0.05, 0.1) is 23.8 Å². The third kappa shape index (κ3) is 4.69. The smallest absolute Gasteiger partial charge is 0.274 e. The summed E-state index contributed by atoms with van der Waals surface area (Å²) in [6.07, 6.45) is 2.67. The molecule has 2 aromatic heterocycles. The monoisotopic (exact) mass is 498 g/mol. The topological polar surface area (TPSA) is 128 Å². The summed E-state index contributed by atoms with van der Waals surface area (Å²) in [5.74, 6) is -0.340. The lowest BCUT2D eigenvalue weighted by atomic mass is 10.2. The van der Waals surface area contributed by atoms with Crippen LogP contribution in [0.25, 0.3) is 5.78 Å². The summed E-state index contributed by atoms with van der Waals surface area (Å²) in [4.78, 5) is 21.1. The maximum atomic E-state index is 13.3. The average Bonchev–Trinajstić information content (AvgIpc) is 3.36. The Balaban J connectivity index is 1.52. The van der Waals surface area contributed by atoms with E-state index >= 15 is 0 Å². The SMILES string of the molecule is O=C(Nc1cc(S(=O)(=O)N2CCOCC2)ccc1Oc1ccc(F)cc1)c1ccnc2ncnn12. The largest absolute Gasteiger partial charge is 0.455 e. The molecule has 13 heteroatoms. The molecule has 0 aliphatic carbocycles. The number of nitrogens with one attached hydrogen (secondary N) is 1. The summed E-state index contributed by atoms with van der Waals surface area (Å²) in [5.41, 5.74) is 0.223. The third-order valence-electron chi connectivity index (χ3n) is 5.26. The Hall–Kier alpha value is -3.94. The van der Waals surface area contributed by atoms with Gasteiger partial charge in [-0.3, -0.25) is 4.79 Å². The first kappa shape index (κ1) is 22.8. The van der Waals surface area contributed by atoms with E-state index in [0.717, 1.165) is 0 Å². The van der Waals surface area contributed by atoms with E-state index in [2.05, 4.69) is 20.4 Å². The molecule has 0 spiro atoms. The second-order valence-corrected chi connectivity index (χ2v) is 9.42. The normalized spacial score (nSPS) is 14.7. The highest BCUT2D eigenvalue weighted by Gasteiger charge is 2.28. The van der Waals surface area contributed by atoms with Crippen LogP contribution in [-0.2, 0) is 14.8 Å². The number of halogens is 1. The van der Waals surface area contributed by atoms with Gasteiger partial charge >= 0.3 is 0 Å². The third-order valence-corrected chi connectivity index (χ3v) is 7.16. The van der Waals surface area contributed by atoms with Gasteiger partial charge in [-0.2, -0.15) is 18.9 Å². The Bertz CT molecular complexity index is 1490. The molecule has 1 saturated heterocycles. The van der Waals surface area contributed by atoms with Crippen LogP contribution in [0, 0.1) is 5.82 Å². The highest BCUT2D eigenvalue weighted by molar-refractivity contribution is 7.89. The Morgan fingerprint density at radius 2 is 1.83 bits per heavy atom. The molecule has 1 aliphatic rings. The molecular weight excluding hydrogens is 479 g/mol. The molecule has 2 aromatic carbocycles. The minimum absolute atomic E-state index is 0.0261. The van der Waals surface area contributed by atoms with Crippen molar-refractivity contribution >= 4 is 27.4 Å². The van der Waals surface area contributed by atoms with E-state index in [1.807, 2.05) is 0 Å². The number of hydrogen-bond donors (Lipinski definition) is 1. The minimum atomic E-state index is -3.85. The minimum Gasteiger partial charge on any atom is -0.455 e. The number of carbonyl (C=O) groups excluding carboxylic acids is 1. The first-order valence-electron chi connectivity index (χ1n) is 10.5. The van der Waals surface area contributed by atoms with Crippen LogP contribution in [-0.4, -0.2) is 64.5 Å². The van der Waals surface area contributed by atoms with E-state index in [0.29, 0.717) is 19.0 Å². The van der Waals surface area contributed by atoms with Gasteiger partial charge in [-0.25, -0.2) is 17.8 Å². The van der Waals surface area contributed by atoms with Crippen LogP contribution in [0.15, 0.2) is 66.0 Å². The van der Waals surface area contributed by atoms with E-state index in [4.69, 9.17) is 9.47 Å². The van der Waals surface area contributed by atoms with E-state index in [-0.39, 0.29) is 40.9 Å². The molecule has 0 bridgehead atoms. The quantitative estimate of drug-likeness (QED) is 0.429. The molecule has 0 radical (unpaired) electrons. The molecule has 1 fully saturated rings. The van der Waals surface area contributed by atoms with Gasteiger partial charge in [0, 0.05) is 19.3 Å². The molecule has 0 atom stereocenters. The number of nitrogens with zero attached hydrogens (tertiary/aromatic N) is 5. The van der Waals surface area contributed by atoms with Crippen LogP contribution in [0.5, 0.6) is 11.5 Å². The molecule has 5 rings (SSSR count). The van der Waals surface area contributed by atoms with E-state index < -0.39 is 21.7 Å². The molecule has 3 heterocycles. The van der Waals surface area contributed by atoms with E-state index in [9.17, 15) is 17.6 Å². The van der Waals surface area contributed by atoms with Crippen molar-refractivity contribution in [2.45, 2.75) is 4.90 Å². The Kier molecular flexibility index (Phi) is 6.11. The second-order valence-electron chi connectivity index (χ2n) is 7.49. The van der Waals surface area contributed by atoms with Gasteiger partial charge < -0.3 is 14.8 Å². The lowest BCUT2D eigenvalue weighted by Crippen LogP contribution is -2.40. The lowest BCUT2D eigenvalue weighted by molar-refractivity contribution is 0.0730. The number of fused-ring (bicyclic) bond motifs is 1. The number of rotatable bonds is 6. The Morgan fingerprint density at radius 1 is 1.06 bits per heavy atom. The molecule has 0 unspecified atom stereocenters. The van der Waals surface area contributed by atoms with Crippen molar-refractivity contribution in [2.75, 3.05) is 31.6 Å². The standard InChI is InChI=1S/C22H19FN6O5S/c23-15-1-3-16(4-2-15)34-20-6-5-17(35(31,32)28-9-11-33-12-10-28)13-18(20)27-21(30)19-7-8-24-22-25-14-26-29(19)22/h1-8,13-14H,9-12H2,(H,27,30). The van der Waals surface area contributed by atoms with Gasteiger partial charge in [0.25, 0.3) is 11.7 Å². The predicted octanol–water partition coefficient (Wildman–Crippen LogP) is 2.33. The highest BCUT2D eigenvalue weighted by atomic mass is 32.2. The van der Waals surface area contributed by atoms with Crippen molar-refractivity contribution in [3.63, 3.8) is 0 Å². The van der Waals surface area contributed by atoms with Gasteiger partial charge in [-0.1, -0.05) is 0 Å². The Labute approximate surface area is 199 Å². The summed E-state index contributed by atoms with van der Waals surface area (Å²) in [5, 5.41) is 6.69. The van der Waals surface area contributed by atoms with Crippen LogP contribution in [0.3, 0.4) is 0 Å². The molecular formula is C22H19FN6O5S. The van der Waals surface area contributed by atoms with Gasteiger partial charge in [-0.15, -0.1) is 0 Å². The summed E-state index contributed by atoms with van der Waals surface area (Å²) >= 11 is 0. The molecule has 0 saturated carbocycles. The number of benzene rings is 2. The fourth-order valence-electron chi connectivity index (χ4n) is 3.52. The zero-order chi connectivity index (χ0) is 24.4.